The van der Waals surface area contributed by atoms with Crippen molar-refractivity contribution in [2.75, 3.05) is 12.5 Å². The Labute approximate surface area is 98.8 Å². The first-order chi connectivity index (χ1) is 7.03. The normalized spacial score (nSPS) is 30.9. The van der Waals surface area contributed by atoms with Gasteiger partial charge in [-0.15, -0.1) is 11.6 Å². The fourth-order valence-electron chi connectivity index (χ4n) is 2.71. The Morgan fingerprint density at radius 3 is 2.67 bits per heavy atom. The quantitative estimate of drug-likeness (QED) is 0.524. The summed E-state index contributed by atoms with van der Waals surface area (Å²) in [5.74, 6) is 1.37. The van der Waals surface area contributed by atoms with Crippen molar-refractivity contribution in [2.24, 2.45) is 11.3 Å². The summed E-state index contributed by atoms with van der Waals surface area (Å²) in [6, 6.07) is 0. The molecule has 0 aromatic carbocycles. The first-order valence-electron chi connectivity index (χ1n) is 5.86. The lowest BCUT2D eigenvalue weighted by Gasteiger charge is -2.38. The predicted octanol–water partition coefficient (Wildman–Crippen LogP) is 4.01. The average molecular weight is 231 g/mol. The monoisotopic (exact) mass is 230 g/mol. The minimum atomic E-state index is 0.434. The second-order valence-corrected chi connectivity index (χ2v) is 5.80. The van der Waals surface area contributed by atoms with Crippen LogP contribution in [0.3, 0.4) is 0 Å². The maximum atomic E-state index is 5.85. The second kappa shape index (κ2) is 5.91. The number of alkyl halides is 1. The van der Waals surface area contributed by atoms with Crippen molar-refractivity contribution in [3.8, 4) is 0 Å². The van der Waals surface area contributed by atoms with Crippen molar-refractivity contribution in [1.29, 1.82) is 0 Å². The summed E-state index contributed by atoms with van der Waals surface area (Å²) in [4.78, 5) is 0. The molecule has 0 heterocycles. The molecule has 1 aliphatic carbocycles. The number of ether oxygens (including phenoxy) is 1. The predicted molar refractivity (Wildman–Crippen MR) is 66.4 cm³/mol. The molecule has 2 heteroatoms. The van der Waals surface area contributed by atoms with Crippen LogP contribution >= 0.6 is 11.6 Å². The number of halogens is 1. The highest BCUT2D eigenvalue weighted by Crippen LogP contribution is 2.39. The van der Waals surface area contributed by atoms with Crippen LogP contribution in [0.5, 0.6) is 0 Å². The average Bonchev–Trinajstić information content (AvgIpc) is 2.09. The molecule has 1 rings (SSSR count). The van der Waals surface area contributed by atoms with E-state index in [0.29, 0.717) is 24.0 Å². The van der Waals surface area contributed by atoms with Gasteiger partial charge in [-0.2, -0.15) is 0 Å². The third-order valence-corrected chi connectivity index (χ3v) is 3.21. The molecule has 0 amide bonds. The fraction of sp³-hybridized carbons (Fsp3) is 0.846. The molecule has 2 atom stereocenters. The summed E-state index contributed by atoms with van der Waals surface area (Å²) < 4.78 is 5.85. The molecule has 0 N–H and O–H groups in total. The van der Waals surface area contributed by atoms with E-state index in [1.165, 1.54) is 19.3 Å². The molecular weight excluding hydrogens is 208 g/mol. The van der Waals surface area contributed by atoms with Crippen molar-refractivity contribution in [1.82, 2.24) is 0 Å². The van der Waals surface area contributed by atoms with E-state index in [2.05, 4.69) is 20.8 Å². The van der Waals surface area contributed by atoms with Gasteiger partial charge in [0.05, 0.1) is 12.7 Å². The zero-order valence-electron chi connectivity index (χ0n) is 10.1. The Morgan fingerprint density at radius 1 is 1.33 bits per heavy atom. The number of allylic oxidation sites excluding steroid dienone is 1. The Hall–Kier alpha value is -0.0100. The summed E-state index contributed by atoms with van der Waals surface area (Å²) in [5.41, 5.74) is 0.443. The van der Waals surface area contributed by atoms with E-state index >= 15 is 0 Å². The van der Waals surface area contributed by atoms with Crippen LogP contribution in [0.2, 0.25) is 0 Å². The summed E-state index contributed by atoms with van der Waals surface area (Å²) in [6.45, 7) is 7.72. The molecule has 1 aliphatic rings. The molecular formula is C13H23ClO. The number of rotatable bonds is 4. The molecule has 88 valence electrons. The molecule has 0 aliphatic heterocycles. The molecule has 0 saturated heterocycles. The highest BCUT2D eigenvalue weighted by molar-refractivity contribution is 6.18. The summed E-state index contributed by atoms with van der Waals surface area (Å²) in [7, 11) is 0. The number of hydrogen-bond acceptors (Lipinski definition) is 1. The summed E-state index contributed by atoms with van der Waals surface area (Å²) in [6.07, 6.45) is 8.11. The van der Waals surface area contributed by atoms with Gasteiger partial charge in [-0.3, -0.25) is 0 Å². The molecule has 1 fully saturated rings. The largest absolute Gasteiger partial charge is 0.374 e. The molecule has 0 aromatic heterocycles. The van der Waals surface area contributed by atoms with Crippen molar-refractivity contribution in [3.63, 3.8) is 0 Å². The molecule has 1 nitrogen and oxygen atoms in total. The van der Waals surface area contributed by atoms with Crippen molar-refractivity contribution in [3.05, 3.63) is 12.2 Å². The highest BCUT2D eigenvalue weighted by atomic mass is 35.5. The minimum absolute atomic E-state index is 0.434. The van der Waals surface area contributed by atoms with Crippen molar-refractivity contribution < 1.29 is 4.74 Å². The lowest BCUT2D eigenvalue weighted by Crippen LogP contribution is -2.32. The van der Waals surface area contributed by atoms with Crippen molar-refractivity contribution >= 4 is 11.6 Å². The lowest BCUT2D eigenvalue weighted by molar-refractivity contribution is -0.0108. The highest BCUT2D eigenvalue weighted by Gasteiger charge is 2.32. The van der Waals surface area contributed by atoms with E-state index < -0.39 is 0 Å². The minimum Gasteiger partial charge on any atom is -0.374 e. The SMILES string of the molecule is CC1CC(OCC=CCCl)CC(C)(C)C1. The van der Waals surface area contributed by atoms with Crippen LogP contribution < -0.4 is 0 Å². The van der Waals surface area contributed by atoms with Crippen LogP contribution in [0.15, 0.2) is 12.2 Å². The fourth-order valence-corrected chi connectivity index (χ4v) is 2.83. The number of hydrogen-bond donors (Lipinski definition) is 0. The zero-order chi connectivity index (χ0) is 11.3. The van der Waals surface area contributed by atoms with E-state index in [4.69, 9.17) is 16.3 Å². The third-order valence-electron chi connectivity index (χ3n) is 3.03. The molecule has 0 spiro atoms. The van der Waals surface area contributed by atoms with Gasteiger partial charge in [0.2, 0.25) is 0 Å². The first kappa shape index (κ1) is 13.1. The topological polar surface area (TPSA) is 9.23 Å². The Bertz CT molecular complexity index is 211. The van der Waals surface area contributed by atoms with Crippen LogP contribution in [0.1, 0.15) is 40.0 Å². The maximum absolute atomic E-state index is 5.85. The molecule has 15 heavy (non-hydrogen) atoms. The lowest BCUT2D eigenvalue weighted by atomic mass is 9.71. The van der Waals surface area contributed by atoms with E-state index in [9.17, 15) is 0 Å². The molecule has 0 aromatic rings. The van der Waals surface area contributed by atoms with Gasteiger partial charge in [0, 0.05) is 5.88 Å². The van der Waals surface area contributed by atoms with Crippen LogP contribution in [0.25, 0.3) is 0 Å². The van der Waals surface area contributed by atoms with Gasteiger partial charge in [-0.25, -0.2) is 0 Å². The van der Waals surface area contributed by atoms with E-state index in [1.807, 2.05) is 12.2 Å². The summed E-state index contributed by atoms with van der Waals surface area (Å²) >= 11 is 5.55. The van der Waals surface area contributed by atoms with Gasteiger partial charge >= 0.3 is 0 Å². The Kier molecular flexibility index (Phi) is 5.14. The van der Waals surface area contributed by atoms with Gasteiger partial charge in [-0.1, -0.05) is 32.9 Å². The van der Waals surface area contributed by atoms with Crippen LogP contribution in [-0.4, -0.2) is 18.6 Å². The zero-order valence-corrected chi connectivity index (χ0v) is 10.9. The Balaban J connectivity index is 2.32. The standard InChI is InChI=1S/C13H23ClO/c1-11-8-12(10-13(2,3)9-11)15-7-5-4-6-14/h4-5,11-12H,6-10H2,1-3H3. The van der Waals surface area contributed by atoms with Gasteiger partial charge < -0.3 is 4.74 Å². The van der Waals surface area contributed by atoms with Crippen LogP contribution in [-0.2, 0) is 4.74 Å². The molecule has 0 radical (unpaired) electrons. The maximum Gasteiger partial charge on any atom is 0.0651 e. The van der Waals surface area contributed by atoms with Crippen LogP contribution in [0, 0.1) is 11.3 Å². The van der Waals surface area contributed by atoms with Gasteiger partial charge in [0.25, 0.3) is 0 Å². The van der Waals surface area contributed by atoms with Gasteiger partial charge in [0.15, 0.2) is 0 Å². The molecule has 1 saturated carbocycles. The summed E-state index contributed by atoms with van der Waals surface area (Å²) in [5, 5.41) is 0. The molecule has 2 unspecified atom stereocenters. The van der Waals surface area contributed by atoms with E-state index in [1.54, 1.807) is 0 Å². The van der Waals surface area contributed by atoms with Gasteiger partial charge in [0.1, 0.15) is 0 Å². The second-order valence-electron chi connectivity index (χ2n) is 5.49. The van der Waals surface area contributed by atoms with E-state index in [-0.39, 0.29) is 0 Å². The van der Waals surface area contributed by atoms with Crippen molar-refractivity contribution in [2.45, 2.75) is 46.1 Å². The Morgan fingerprint density at radius 2 is 2.07 bits per heavy atom. The molecule has 0 bridgehead atoms. The van der Waals surface area contributed by atoms with Crippen LogP contribution in [0.4, 0.5) is 0 Å². The van der Waals surface area contributed by atoms with E-state index in [0.717, 1.165) is 5.92 Å². The smallest absolute Gasteiger partial charge is 0.0651 e. The third kappa shape index (κ3) is 5.03. The van der Waals surface area contributed by atoms with Gasteiger partial charge in [-0.05, 0) is 30.6 Å². The first-order valence-corrected chi connectivity index (χ1v) is 6.39.